The molecule has 0 bridgehead atoms. The number of fused-ring (bicyclic) bond motifs is 1. The van der Waals surface area contributed by atoms with Crippen LogP contribution in [0.4, 0.5) is 0 Å². The van der Waals surface area contributed by atoms with Crippen LogP contribution in [0.5, 0.6) is 5.75 Å². The molecule has 1 N–H and O–H groups in total. The lowest BCUT2D eigenvalue weighted by Crippen LogP contribution is -2.47. The molecule has 144 valence electrons. The summed E-state index contributed by atoms with van der Waals surface area (Å²) in [6.07, 6.45) is 3.20. The molecule has 0 aromatic heterocycles. The molecule has 4 rings (SSSR count). The van der Waals surface area contributed by atoms with Crippen molar-refractivity contribution < 1.29 is 9.84 Å². The number of aliphatic hydroxyl groups is 1. The highest BCUT2D eigenvalue weighted by Crippen LogP contribution is 2.20. The Morgan fingerprint density at radius 2 is 1.67 bits per heavy atom. The lowest BCUT2D eigenvalue weighted by atomic mass is 9.99. The maximum Gasteiger partial charge on any atom is 0.119 e. The van der Waals surface area contributed by atoms with Crippen LogP contribution in [0.25, 0.3) is 0 Å². The standard InChI is InChI=1S/C23H30N2O2/c26-21(17-25-14-12-19-7-4-5-8-20(19)15-25)16-24-13-6-11-23(18-24)27-22-9-2-1-3-10-22/h1-5,7-10,21,23,26H,6,11-18H2. The fourth-order valence-corrected chi connectivity index (χ4v) is 4.33. The van der Waals surface area contributed by atoms with Crippen molar-refractivity contribution in [1.29, 1.82) is 0 Å². The van der Waals surface area contributed by atoms with Crippen LogP contribution in [0.15, 0.2) is 54.6 Å². The van der Waals surface area contributed by atoms with Crippen molar-refractivity contribution in [2.75, 3.05) is 32.7 Å². The van der Waals surface area contributed by atoms with Gasteiger partial charge in [-0.05, 0) is 49.1 Å². The van der Waals surface area contributed by atoms with E-state index in [2.05, 4.69) is 34.1 Å². The molecule has 2 aromatic rings. The summed E-state index contributed by atoms with van der Waals surface area (Å²) in [5.41, 5.74) is 2.87. The monoisotopic (exact) mass is 366 g/mol. The predicted molar refractivity (Wildman–Crippen MR) is 108 cm³/mol. The summed E-state index contributed by atoms with van der Waals surface area (Å²) in [6, 6.07) is 18.7. The van der Waals surface area contributed by atoms with Gasteiger partial charge in [0.05, 0.1) is 6.10 Å². The Labute approximate surface area is 162 Å². The number of aliphatic hydroxyl groups excluding tert-OH is 1. The summed E-state index contributed by atoms with van der Waals surface area (Å²) >= 11 is 0. The summed E-state index contributed by atoms with van der Waals surface area (Å²) in [5, 5.41) is 10.7. The highest BCUT2D eigenvalue weighted by atomic mass is 16.5. The van der Waals surface area contributed by atoms with Gasteiger partial charge in [0.2, 0.25) is 0 Å². The molecule has 2 aromatic carbocycles. The number of hydrogen-bond donors (Lipinski definition) is 1. The maximum atomic E-state index is 10.7. The third kappa shape index (κ3) is 5.10. The van der Waals surface area contributed by atoms with Gasteiger partial charge in [-0.25, -0.2) is 0 Å². The molecular weight excluding hydrogens is 336 g/mol. The van der Waals surface area contributed by atoms with Crippen molar-refractivity contribution in [1.82, 2.24) is 9.80 Å². The lowest BCUT2D eigenvalue weighted by molar-refractivity contribution is 0.0335. The minimum atomic E-state index is -0.314. The van der Waals surface area contributed by atoms with Crippen molar-refractivity contribution in [3.63, 3.8) is 0 Å². The minimum Gasteiger partial charge on any atom is -0.489 e. The third-order valence-electron chi connectivity index (χ3n) is 5.66. The molecule has 2 unspecified atom stereocenters. The molecule has 2 atom stereocenters. The number of rotatable bonds is 6. The second-order valence-electron chi connectivity index (χ2n) is 7.86. The van der Waals surface area contributed by atoms with Gasteiger partial charge in [0.15, 0.2) is 0 Å². The quantitative estimate of drug-likeness (QED) is 0.853. The molecule has 1 fully saturated rings. The molecular formula is C23H30N2O2. The van der Waals surface area contributed by atoms with Gasteiger partial charge in [0, 0.05) is 32.7 Å². The van der Waals surface area contributed by atoms with Crippen LogP contribution in [-0.4, -0.2) is 59.8 Å². The Hall–Kier alpha value is -1.88. The van der Waals surface area contributed by atoms with Crippen molar-refractivity contribution in [3.8, 4) is 5.75 Å². The van der Waals surface area contributed by atoms with E-state index in [1.807, 2.05) is 30.3 Å². The molecule has 2 aliphatic rings. The second-order valence-corrected chi connectivity index (χ2v) is 7.86. The van der Waals surface area contributed by atoms with E-state index in [0.717, 1.165) is 64.3 Å². The molecule has 2 heterocycles. The van der Waals surface area contributed by atoms with E-state index in [0.29, 0.717) is 0 Å². The Morgan fingerprint density at radius 3 is 2.52 bits per heavy atom. The van der Waals surface area contributed by atoms with Gasteiger partial charge in [-0.1, -0.05) is 42.5 Å². The highest BCUT2D eigenvalue weighted by molar-refractivity contribution is 5.29. The SMILES string of the molecule is OC(CN1CCc2ccccc2C1)CN1CCCC(Oc2ccccc2)C1. The van der Waals surface area contributed by atoms with Gasteiger partial charge in [0.25, 0.3) is 0 Å². The average molecular weight is 367 g/mol. The molecule has 0 aliphatic carbocycles. The van der Waals surface area contributed by atoms with E-state index in [-0.39, 0.29) is 12.2 Å². The predicted octanol–water partition coefficient (Wildman–Crippen LogP) is 2.95. The van der Waals surface area contributed by atoms with Crippen molar-refractivity contribution in [2.24, 2.45) is 0 Å². The van der Waals surface area contributed by atoms with E-state index in [9.17, 15) is 5.11 Å². The Bertz CT molecular complexity index is 721. The lowest BCUT2D eigenvalue weighted by Gasteiger charge is -2.36. The highest BCUT2D eigenvalue weighted by Gasteiger charge is 2.24. The van der Waals surface area contributed by atoms with Crippen LogP contribution in [0, 0.1) is 0 Å². The minimum absolute atomic E-state index is 0.218. The Balaban J connectivity index is 1.25. The zero-order valence-electron chi connectivity index (χ0n) is 16.0. The largest absolute Gasteiger partial charge is 0.489 e. The van der Waals surface area contributed by atoms with Gasteiger partial charge in [-0.15, -0.1) is 0 Å². The van der Waals surface area contributed by atoms with Crippen LogP contribution in [0.3, 0.4) is 0 Å². The first-order chi connectivity index (χ1) is 13.3. The molecule has 0 saturated carbocycles. The topological polar surface area (TPSA) is 35.9 Å². The van der Waals surface area contributed by atoms with E-state index >= 15 is 0 Å². The number of hydrogen-bond acceptors (Lipinski definition) is 4. The van der Waals surface area contributed by atoms with Crippen molar-refractivity contribution in [3.05, 3.63) is 65.7 Å². The molecule has 0 radical (unpaired) electrons. The summed E-state index contributed by atoms with van der Waals surface area (Å²) in [5.74, 6) is 0.942. The fraction of sp³-hybridized carbons (Fsp3) is 0.478. The summed E-state index contributed by atoms with van der Waals surface area (Å²) in [6.45, 7) is 5.41. The van der Waals surface area contributed by atoms with Crippen LogP contribution in [-0.2, 0) is 13.0 Å². The smallest absolute Gasteiger partial charge is 0.119 e. The van der Waals surface area contributed by atoms with Crippen LogP contribution in [0.2, 0.25) is 0 Å². The van der Waals surface area contributed by atoms with E-state index in [1.54, 1.807) is 0 Å². The van der Waals surface area contributed by atoms with E-state index in [1.165, 1.54) is 11.1 Å². The van der Waals surface area contributed by atoms with Crippen LogP contribution < -0.4 is 4.74 Å². The molecule has 2 aliphatic heterocycles. The molecule has 0 amide bonds. The van der Waals surface area contributed by atoms with Crippen LogP contribution in [0.1, 0.15) is 24.0 Å². The van der Waals surface area contributed by atoms with Gasteiger partial charge in [-0.2, -0.15) is 0 Å². The van der Waals surface area contributed by atoms with Crippen molar-refractivity contribution >= 4 is 0 Å². The maximum absolute atomic E-state index is 10.7. The molecule has 4 heteroatoms. The molecule has 27 heavy (non-hydrogen) atoms. The third-order valence-corrected chi connectivity index (χ3v) is 5.66. The first-order valence-corrected chi connectivity index (χ1v) is 10.2. The number of nitrogens with zero attached hydrogens (tertiary/aromatic N) is 2. The van der Waals surface area contributed by atoms with Crippen molar-refractivity contribution in [2.45, 2.75) is 38.0 Å². The number of benzene rings is 2. The van der Waals surface area contributed by atoms with Gasteiger partial charge in [0.1, 0.15) is 11.9 Å². The summed E-state index contributed by atoms with van der Waals surface area (Å²) < 4.78 is 6.12. The Morgan fingerprint density at radius 1 is 0.926 bits per heavy atom. The first kappa shape index (κ1) is 18.5. The number of piperidine rings is 1. The van der Waals surface area contributed by atoms with Gasteiger partial charge < -0.3 is 9.84 Å². The van der Waals surface area contributed by atoms with Gasteiger partial charge in [-0.3, -0.25) is 9.80 Å². The summed E-state index contributed by atoms with van der Waals surface area (Å²) in [7, 11) is 0. The normalized spacial score (nSPS) is 22.2. The Kier molecular flexibility index (Phi) is 6.07. The zero-order chi connectivity index (χ0) is 18.5. The fourth-order valence-electron chi connectivity index (χ4n) is 4.33. The number of β-amino-alcohol motifs (C(OH)–C–C–N with tert-alkyl or cyclic N) is 1. The van der Waals surface area contributed by atoms with E-state index < -0.39 is 0 Å². The number of ether oxygens (including phenoxy) is 1. The zero-order valence-corrected chi connectivity index (χ0v) is 16.0. The summed E-state index contributed by atoms with van der Waals surface area (Å²) in [4.78, 5) is 4.74. The van der Waals surface area contributed by atoms with Crippen LogP contribution >= 0.6 is 0 Å². The molecule has 4 nitrogen and oxygen atoms in total. The average Bonchev–Trinajstić information content (AvgIpc) is 2.69. The first-order valence-electron chi connectivity index (χ1n) is 10.2. The number of likely N-dealkylation sites (tertiary alicyclic amines) is 1. The van der Waals surface area contributed by atoms with E-state index in [4.69, 9.17) is 4.74 Å². The molecule has 0 spiro atoms. The number of para-hydroxylation sites is 1. The van der Waals surface area contributed by atoms with Gasteiger partial charge >= 0.3 is 0 Å². The molecule has 1 saturated heterocycles. The second kappa shape index (κ2) is 8.87.